The largest absolute Gasteiger partial charge is 0.490 e. The smallest absolute Gasteiger partial charge is 0.427 e. The number of aromatic nitrogens is 2. The predicted octanol–water partition coefficient (Wildman–Crippen LogP) is 7.97. The molecule has 0 bridgehead atoms. The summed E-state index contributed by atoms with van der Waals surface area (Å²) in [5, 5.41) is 8.58. The van der Waals surface area contributed by atoms with E-state index in [2.05, 4.69) is 24.0 Å². The molecule has 0 fully saturated rings. The summed E-state index contributed by atoms with van der Waals surface area (Å²) < 4.78 is 21.8. The second-order valence-electron chi connectivity index (χ2n) is 7.31. The highest BCUT2D eigenvalue weighted by Crippen LogP contribution is 2.40. The molecule has 1 aromatic heterocycles. The molecule has 3 rings (SSSR count). The van der Waals surface area contributed by atoms with Crippen LogP contribution in [0.15, 0.2) is 40.8 Å². The van der Waals surface area contributed by atoms with Gasteiger partial charge in [-0.3, -0.25) is 0 Å². The van der Waals surface area contributed by atoms with Crippen molar-refractivity contribution in [3.05, 3.63) is 63.5 Å². The summed E-state index contributed by atoms with van der Waals surface area (Å²) in [6.45, 7) is 8.81. The molecule has 0 spiro atoms. The van der Waals surface area contributed by atoms with Crippen molar-refractivity contribution < 1.29 is 18.1 Å². The Kier molecular flexibility index (Phi) is 11.6. The number of ether oxygens (including phenoxy) is 2. The van der Waals surface area contributed by atoms with Gasteiger partial charge in [-0.15, -0.1) is 16.7 Å². The zero-order chi connectivity index (χ0) is 25.1. The fourth-order valence-electron chi connectivity index (χ4n) is 2.97. The van der Waals surface area contributed by atoms with Crippen LogP contribution in [0.3, 0.4) is 0 Å². The minimum atomic E-state index is -0.350. The average molecular weight is 548 g/mol. The van der Waals surface area contributed by atoms with Gasteiger partial charge in [0.1, 0.15) is 5.75 Å². The molecule has 3 aromatic rings. The van der Waals surface area contributed by atoms with Crippen molar-refractivity contribution in [2.45, 2.75) is 46.1 Å². The average Bonchev–Trinajstić information content (AvgIpc) is 3.28. The summed E-state index contributed by atoms with van der Waals surface area (Å²) in [6.07, 6.45) is 2.58. The van der Waals surface area contributed by atoms with Crippen LogP contribution in [-0.4, -0.2) is 28.9 Å². The van der Waals surface area contributed by atoms with Crippen molar-refractivity contribution in [2.75, 3.05) is 18.7 Å². The Bertz CT molecular complexity index is 1010. The molecule has 2 aromatic carbocycles. The monoisotopic (exact) mass is 546 g/mol. The van der Waals surface area contributed by atoms with Crippen LogP contribution in [0.4, 0.5) is 0 Å². The molecule has 0 radical (unpaired) electrons. The lowest BCUT2D eigenvalue weighted by Gasteiger charge is -2.27. The van der Waals surface area contributed by atoms with Crippen LogP contribution < -0.4 is 13.7 Å². The molecule has 0 saturated carbocycles. The lowest BCUT2D eigenvalue weighted by atomic mass is 9.78. The van der Waals surface area contributed by atoms with Gasteiger partial charge in [0.25, 0.3) is 5.89 Å². The molecule has 0 amide bonds. The van der Waals surface area contributed by atoms with Crippen molar-refractivity contribution in [2.24, 2.45) is 0 Å². The van der Waals surface area contributed by atoms with Gasteiger partial charge in [-0.05, 0) is 41.8 Å². The van der Waals surface area contributed by atoms with Crippen molar-refractivity contribution in [3.63, 3.8) is 0 Å². The fraction of sp³-hybridized carbons (Fsp3) is 0.417. The van der Waals surface area contributed by atoms with Gasteiger partial charge in [-0.25, -0.2) is 0 Å². The Morgan fingerprint density at radius 2 is 1.62 bits per heavy atom. The van der Waals surface area contributed by atoms with Crippen LogP contribution in [-0.2, 0) is 12.0 Å². The molecule has 186 valence electrons. The highest BCUT2D eigenvalue weighted by molar-refractivity contribution is 7.94. The molecule has 34 heavy (non-hydrogen) atoms. The zero-order valence-electron chi connectivity index (χ0n) is 19.9. The Balaban J connectivity index is 0.00000199. The van der Waals surface area contributed by atoms with E-state index in [4.69, 9.17) is 52.9 Å². The van der Waals surface area contributed by atoms with E-state index in [1.807, 2.05) is 50.2 Å². The van der Waals surface area contributed by atoms with Gasteiger partial charge in [-0.1, -0.05) is 68.1 Å². The van der Waals surface area contributed by atoms with Gasteiger partial charge in [-0.2, -0.15) is 0 Å². The second-order valence-corrected chi connectivity index (χ2v) is 9.00. The van der Waals surface area contributed by atoms with Crippen LogP contribution in [0, 0.1) is 0 Å². The summed E-state index contributed by atoms with van der Waals surface area (Å²) in [6, 6.07) is 11.5. The van der Waals surface area contributed by atoms with E-state index in [1.165, 1.54) is 0 Å². The van der Waals surface area contributed by atoms with Crippen LogP contribution >= 0.6 is 46.8 Å². The first-order valence-corrected chi connectivity index (χ1v) is 13.2. The quantitative estimate of drug-likeness (QED) is 0.137. The lowest BCUT2D eigenvalue weighted by Crippen LogP contribution is -2.19. The first kappa shape index (κ1) is 28.4. The highest BCUT2D eigenvalue weighted by Gasteiger charge is 2.25. The minimum absolute atomic E-state index is 0.0981. The van der Waals surface area contributed by atoms with Gasteiger partial charge in [0.15, 0.2) is 12.4 Å². The van der Waals surface area contributed by atoms with Crippen molar-refractivity contribution >= 4 is 46.8 Å². The maximum Gasteiger partial charge on any atom is 0.427 e. The van der Waals surface area contributed by atoms with Crippen molar-refractivity contribution in [1.82, 2.24) is 10.2 Å². The number of halogens is 3. The maximum absolute atomic E-state index is 6.46. The van der Waals surface area contributed by atoms with Gasteiger partial charge < -0.3 is 18.1 Å². The topological polar surface area (TPSA) is 66.6 Å². The summed E-state index contributed by atoms with van der Waals surface area (Å²) in [5.74, 6) is 2.00. The molecule has 0 unspecified atom stereocenters. The molecule has 0 atom stereocenters. The van der Waals surface area contributed by atoms with Gasteiger partial charge in [0.2, 0.25) is 0 Å². The molecule has 6 nitrogen and oxygen atoms in total. The molecular weight excluding hydrogens is 519 g/mol. The number of rotatable bonds is 11. The molecule has 0 saturated heterocycles. The van der Waals surface area contributed by atoms with Crippen molar-refractivity contribution in [3.8, 4) is 17.6 Å². The van der Waals surface area contributed by atoms with E-state index in [0.717, 1.165) is 29.6 Å². The summed E-state index contributed by atoms with van der Waals surface area (Å²) in [4.78, 5) is 0. The second kappa shape index (κ2) is 13.9. The molecule has 0 aliphatic heterocycles. The van der Waals surface area contributed by atoms with Crippen molar-refractivity contribution in [1.29, 1.82) is 0 Å². The predicted molar refractivity (Wildman–Crippen MR) is 140 cm³/mol. The Hall–Kier alpha value is -1.80. The van der Waals surface area contributed by atoms with E-state index in [1.54, 1.807) is 6.26 Å². The molecule has 0 aliphatic carbocycles. The van der Waals surface area contributed by atoms with Gasteiger partial charge >= 0.3 is 6.08 Å². The zero-order valence-corrected chi connectivity index (χ0v) is 22.9. The normalized spacial score (nSPS) is 10.9. The molecule has 10 heteroatoms. The standard InChI is InChI=1S/C22H23Cl3N2O4S.C2H6/c1-22(2,15-11-17(24)20(18(25)12-15)28-10-4-9-23)14-5-7-16(8-6-14)29-13-19-26-27-21(30-19)31-32-3;1-2/h5-8,11-12H,4,9-10,13H2,1-3H3;1-2H3. The van der Waals surface area contributed by atoms with Gasteiger partial charge in [0.05, 0.1) is 28.7 Å². The Labute approximate surface area is 220 Å². The lowest BCUT2D eigenvalue weighted by molar-refractivity contribution is 0.253. The third-order valence-electron chi connectivity index (χ3n) is 4.79. The third-order valence-corrected chi connectivity index (χ3v) is 5.92. The Morgan fingerprint density at radius 3 is 2.21 bits per heavy atom. The van der Waals surface area contributed by atoms with E-state index in [-0.39, 0.29) is 18.1 Å². The van der Waals surface area contributed by atoms with Crippen LogP contribution in [0.5, 0.6) is 17.6 Å². The summed E-state index contributed by atoms with van der Waals surface area (Å²) in [5.41, 5.74) is 1.69. The number of hydrogen-bond acceptors (Lipinski definition) is 7. The van der Waals surface area contributed by atoms with E-state index < -0.39 is 0 Å². The van der Waals surface area contributed by atoms with E-state index in [9.17, 15) is 0 Å². The van der Waals surface area contributed by atoms with E-state index in [0.29, 0.717) is 39.9 Å². The first-order chi connectivity index (χ1) is 16.3. The first-order valence-electron chi connectivity index (χ1n) is 10.8. The highest BCUT2D eigenvalue weighted by atomic mass is 35.5. The minimum Gasteiger partial charge on any atom is -0.490 e. The molecule has 0 aliphatic rings. The number of hydrogen-bond donors (Lipinski definition) is 0. The molecule has 0 N–H and O–H groups in total. The van der Waals surface area contributed by atoms with Crippen LogP contribution in [0.1, 0.15) is 51.1 Å². The van der Waals surface area contributed by atoms with E-state index >= 15 is 0 Å². The summed E-state index contributed by atoms with van der Waals surface area (Å²) in [7, 11) is 0. The molecule has 1 heterocycles. The SMILES string of the molecule is CC.CSOc1nnc(COc2ccc(C(C)(C)c3cc(Cl)c(OCCCCl)c(Cl)c3)cc2)o1. The fourth-order valence-corrected chi connectivity index (χ4v) is 3.88. The number of nitrogens with zero attached hydrogens (tertiary/aromatic N) is 2. The number of alkyl halides is 1. The van der Waals surface area contributed by atoms with Gasteiger partial charge in [0, 0.05) is 17.6 Å². The molecular formula is C24H29Cl3N2O4S. The maximum atomic E-state index is 6.46. The summed E-state index contributed by atoms with van der Waals surface area (Å²) >= 11 is 19.8. The number of benzene rings is 2. The third kappa shape index (κ3) is 7.60. The van der Waals surface area contributed by atoms with Crippen LogP contribution in [0.25, 0.3) is 0 Å². The van der Waals surface area contributed by atoms with Crippen LogP contribution in [0.2, 0.25) is 10.0 Å². The Morgan fingerprint density at radius 1 is 0.971 bits per heavy atom.